The van der Waals surface area contributed by atoms with Crippen molar-refractivity contribution >= 4 is 23.0 Å². The van der Waals surface area contributed by atoms with Crippen molar-refractivity contribution in [2.45, 2.75) is 20.8 Å². The van der Waals surface area contributed by atoms with Gasteiger partial charge in [-0.1, -0.05) is 0 Å². The molecule has 2 aromatic heterocycles. The first kappa shape index (κ1) is 11.4. The number of aromatic nitrogens is 1. The zero-order valence-electron chi connectivity index (χ0n) is 10.0. The molecule has 5 heteroatoms. The molecule has 2 aromatic rings. The average molecular weight is 234 g/mol. The van der Waals surface area contributed by atoms with E-state index in [1.54, 1.807) is 13.1 Å². The lowest BCUT2D eigenvalue weighted by molar-refractivity contribution is 0.0529. The summed E-state index contributed by atoms with van der Waals surface area (Å²) < 4.78 is 10.3. The second-order valence-corrected chi connectivity index (χ2v) is 3.81. The Morgan fingerprint density at radius 3 is 2.88 bits per heavy atom. The summed E-state index contributed by atoms with van der Waals surface area (Å²) in [5.74, 6) is -0.445. The summed E-state index contributed by atoms with van der Waals surface area (Å²) in [6, 6.07) is 0. The van der Waals surface area contributed by atoms with Gasteiger partial charge in [-0.05, 0) is 31.9 Å². The van der Waals surface area contributed by atoms with Gasteiger partial charge in [0, 0.05) is 6.20 Å². The van der Waals surface area contributed by atoms with E-state index in [4.69, 9.17) is 14.9 Å². The highest BCUT2D eigenvalue weighted by molar-refractivity contribution is 6.06. The van der Waals surface area contributed by atoms with Gasteiger partial charge in [-0.15, -0.1) is 0 Å². The minimum absolute atomic E-state index is 0.0552. The molecular weight excluding hydrogens is 220 g/mol. The molecule has 0 aliphatic rings. The number of hydrogen-bond donors (Lipinski definition) is 1. The summed E-state index contributed by atoms with van der Waals surface area (Å²) in [5, 5.41) is 0. The number of carbonyl (C=O) groups is 1. The quantitative estimate of drug-likeness (QED) is 0.806. The number of furan rings is 1. The third kappa shape index (κ3) is 1.73. The molecule has 0 aliphatic heterocycles. The van der Waals surface area contributed by atoms with E-state index in [0.29, 0.717) is 11.1 Å². The third-order valence-corrected chi connectivity index (χ3v) is 2.71. The first-order valence-corrected chi connectivity index (χ1v) is 5.37. The number of hydrogen-bond acceptors (Lipinski definition) is 5. The van der Waals surface area contributed by atoms with Crippen LogP contribution < -0.4 is 5.73 Å². The highest BCUT2D eigenvalue weighted by atomic mass is 16.5. The van der Waals surface area contributed by atoms with Crippen LogP contribution >= 0.6 is 0 Å². The smallest absolute Gasteiger partial charge is 0.345 e. The maximum absolute atomic E-state index is 11.7. The van der Waals surface area contributed by atoms with Gasteiger partial charge in [0.15, 0.2) is 5.58 Å². The number of pyridine rings is 1. The lowest BCUT2D eigenvalue weighted by atomic mass is 10.1. The van der Waals surface area contributed by atoms with Gasteiger partial charge in [0.1, 0.15) is 11.1 Å². The monoisotopic (exact) mass is 234 g/mol. The van der Waals surface area contributed by atoms with E-state index < -0.39 is 5.97 Å². The Labute approximate surface area is 98.6 Å². The van der Waals surface area contributed by atoms with Gasteiger partial charge in [-0.25, -0.2) is 4.79 Å². The number of anilines is 1. The van der Waals surface area contributed by atoms with Gasteiger partial charge < -0.3 is 14.9 Å². The van der Waals surface area contributed by atoms with Crippen LogP contribution in [-0.2, 0) is 4.74 Å². The molecule has 0 saturated heterocycles. The van der Waals surface area contributed by atoms with Crippen molar-refractivity contribution in [1.29, 1.82) is 0 Å². The van der Waals surface area contributed by atoms with Crippen molar-refractivity contribution in [3.8, 4) is 0 Å². The van der Waals surface area contributed by atoms with Gasteiger partial charge >= 0.3 is 5.97 Å². The zero-order chi connectivity index (χ0) is 12.6. The number of nitrogens with two attached hydrogens (primary N) is 1. The summed E-state index contributed by atoms with van der Waals surface area (Å²) in [7, 11) is 0. The van der Waals surface area contributed by atoms with Crippen LogP contribution in [0.25, 0.3) is 11.1 Å². The number of ether oxygens (including phenoxy) is 1. The molecule has 0 saturated carbocycles. The Balaban J connectivity index is 2.69. The van der Waals surface area contributed by atoms with E-state index in [-0.39, 0.29) is 18.1 Å². The number of fused-ring (bicyclic) bond motifs is 1. The van der Waals surface area contributed by atoms with Crippen LogP contribution in [0, 0.1) is 13.8 Å². The molecule has 17 heavy (non-hydrogen) atoms. The Bertz CT molecular complexity index is 587. The van der Waals surface area contributed by atoms with E-state index >= 15 is 0 Å². The van der Waals surface area contributed by atoms with Crippen molar-refractivity contribution in [2.75, 3.05) is 12.3 Å². The average Bonchev–Trinajstić information content (AvgIpc) is 2.61. The summed E-state index contributed by atoms with van der Waals surface area (Å²) in [4.78, 5) is 15.9. The van der Waals surface area contributed by atoms with Crippen LogP contribution in [0.4, 0.5) is 5.88 Å². The van der Waals surface area contributed by atoms with Crippen molar-refractivity contribution in [2.24, 2.45) is 0 Å². The van der Waals surface area contributed by atoms with Gasteiger partial charge in [0.25, 0.3) is 0 Å². The molecular formula is C12H14N2O3. The Morgan fingerprint density at radius 1 is 1.53 bits per heavy atom. The van der Waals surface area contributed by atoms with Crippen LogP contribution in [-0.4, -0.2) is 17.6 Å². The van der Waals surface area contributed by atoms with Gasteiger partial charge in [0.05, 0.1) is 6.61 Å². The van der Waals surface area contributed by atoms with E-state index in [1.807, 2.05) is 13.8 Å². The highest BCUT2D eigenvalue weighted by Gasteiger charge is 2.22. The topological polar surface area (TPSA) is 78.4 Å². The number of rotatable bonds is 2. The minimum Gasteiger partial charge on any atom is -0.462 e. The number of nitrogens with zero attached hydrogens (tertiary/aromatic N) is 1. The molecule has 0 fully saturated rings. The molecule has 0 atom stereocenters. The van der Waals surface area contributed by atoms with Gasteiger partial charge in [-0.3, -0.25) is 4.98 Å². The van der Waals surface area contributed by atoms with E-state index in [9.17, 15) is 4.79 Å². The van der Waals surface area contributed by atoms with Gasteiger partial charge in [0.2, 0.25) is 5.88 Å². The lowest BCUT2D eigenvalue weighted by Gasteiger charge is -2.00. The van der Waals surface area contributed by atoms with Crippen molar-refractivity contribution < 1.29 is 13.9 Å². The molecule has 0 aromatic carbocycles. The summed E-state index contributed by atoms with van der Waals surface area (Å²) in [6.07, 6.45) is 1.69. The molecule has 0 radical (unpaired) electrons. The SMILES string of the molecule is CCOC(=O)c1c(N)oc2c(C)c(C)cnc12. The van der Waals surface area contributed by atoms with Crippen LogP contribution in [0.3, 0.4) is 0 Å². The molecule has 0 spiro atoms. The predicted molar refractivity (Wildman–Crippen MR) is 63.9 cm³/mol. The van der Waals surface area contributed by atoms with Crippen molar-refractivity contribution in [3.63, 3.8) is 0 Å². The standard InChI is InChI=1S/C12H14N2O3/c1-4-16-12(15)8-9-10(17-11(8)13)7(3)6(2)5-14-9/h5H,4,13H2,1-3H3. The summed E-state index contributed by atoms with van der Waals surface area (Å²) >= 11 is 0. The molecule has 0 aliphatic carbocycles. The zero-order valence-corrected chi connectivity index (χ0v) is 10.0. The normalized spacial score (nSPS) is 10.8. The summed E-state index contributed by atoms with van der Waals surface area (Å²) in [5.41, 5.74) is 8.83. The molecule has 2 heterocycles. The fraction of sp³-hybridized carbons (Fsp3) is 0.333. The number of nitrogen functional groups attached to an aromatic ring is 1. The fourth-order valence-corrected chi connectivity index (χ4v) is 1.65. The molecule has 0 amide bonds. The predicted octanol–water partition coefficient (Wildman–Crippen LogP) is 2.20. The fourth-order valence-electron chi connectivity index (χ4n) is 1.65. The molecule has 90 valence electrons. The van der Waals surface area contributed by atoms with Crippen LogP contribution in [0.5, 0.6) is 0 Å². The van der Waals surface area contributed by atoms with Crippen LogP contribution in [0.1, 0.15) is 28.4 Å². The molecule has 0 bridgehead atoms. The van der Waals surface area contributed by atoms with Crippen molar-refractivity contribution in [1.82, 2.24) is 4.98 Å². The lowest BCUT2D eigenvalue weighted by Crippen LogP contribution is -2.06. The second-order valence-electron chi connectivity index (χ2n) is 3.81. The van der Waals surface area contributed by atoms with Crippen molar-refractivity contribution in [3.05, 3.63) is 22.9 Å². The highest BCUT2D eigenvalue weighted by Crippen LogP contribution is 2.30. The summed E-state index contributed by atoms with van der Waals surface area (Å²) in [6.45, 7) is 5.84. The number of carbonyl (C=O) groups excluding carboxylic acids is 1. The van der Waals surface area contributed by atoms with Crippen LogP contribution in [0.2, 0.25) is 0 Å². The molecule has 2 rings (SSSR count). The first-order chi connectivity index (χ1) is 8.06. The Kier molecular flexibility index (Phi) is 2.75. The molecule has 5 nitrogen and oxygen atoms in total. The minimum atomic E-state index is -0.500. The Hall–Kier alpha value is -2.04. The third-order valence-electron chi connectivity index (χ3n) is 2.71. The first-order valence-electron chi connectivity index (χ1n) is 5.37. The molecule has 2 N–H and O–H groups in total. The Morgan fingerprint density at radius 2 is 2.24 bits per heavy atom. The molecule has 0 unspecified atom stereocenters. The van der Waals surface area contributed by atoms with E-state index in [2.05, 4.69) is 4.98 Å². The second kappa shape index (κ2) is 4.08. The number of esters is 1. The largest absolute Gasteiger partial charge is 0.462 e. The van der Waals surface area contributed by atoms with Gasteiger partial charge in [-0.2, -0.15) is 0 Å². The maximum Gasteiger partial charge on any atom is 0.345 e. The van der Waals surface area contributed by atoms with Crippen LogP contribution in [0.15, 0.2) is 10.6 Å². The number of aryl methyl sites for hydroxylation is 2. The van der Waals surface area contributed by atoms with E-state index in [0.717, 1.165) is 11.1 Å². The van der Waals surface area contributed by atoms with E-state index in [1.165, 1.54) is 0 Å². The maximum atomic E-state index is 11.7.